The summed E-state index contributed by atoms with van der Waals surface area (Å²) in [5, 5.41) is 26.0. The second-order valence-corrected chi connectivity index (χ2v) is 8.98. The lowest BCUT2D eigenvalue weighted by Gasteiger charge is -2.24. The van der Waals surface area contributed by atoms with Gasteiger partial charge in [-0.25, -0.2) is 4.98 Å². The molecule has 6 rings (SSSR count). The Balaban J connectivity index is 1.29. The number of carbonyl (C=O) groups excluding carboxylic acids is 1. The van der Waals surface area contributed by atoms with Crippen LogP contribution in [0.1, 0.15) is 31.4 Å². The monoisotopic (exact) mass is 451 g/mol. The number of nitrogens with zero attached hydrogens (tertiary/aromatic N) is 6. The van der Waals surface area contributed by atoms with Gasteiger partial charge in [-0.2, -0.15) is 15.1 Å². The van der Waals surface area contributed by atoms with Gasteiger partial charge in [-0.1, -0.05) is 0 Å². The molecule has 2 fully saturated rings. The predicted octanol–water partition coefficient (Wildman–Crippen LogP) is 2.24. The van der Waals surface area contributed by atoms with Crippen molar-refractivity contribution in [1.82, 2.24) is 29.5 Å². The highest BCUT2D eigenvalue weighted by molar-refractivity contribution is 7.13. The van der Waals surface area contributed by atoms with E-state index in [9.17, 15) is 9.90 Å². The Hall–Kier alpha value is -3.51. The van der Waals surface area contributed by atoms with E-state index in [1.165, 1.54) is 11.3 Å². The number of hydrogen-bond donors (Lipinski definition) is 4. The zero-order valence-corrected chi connectivity index (χ0v) is 17.8. The number of rotatable bonds is 6. The Labute approximate surface area is 186 Å². The van der Waals surface area contributed by atoms with Crippen LogP contribution in [-0.4, -0.2) is 53.2 Å². The molecule has 5 heterocycles. The third-order valence-corrected chi connectivity index (χ3v) is 6.58. The van der Waals surface area contributed by atoms with Crippen LogP contribution >= 0.6 is 11.3 Å². The van der Waals surface area contributed by atoms with Crippen molar-refractivity contribution >= 4 is 45.7 Å². The number of aromatic nitrogens is 6. The van der Waals surface area contributed by atoms with Crippen LogP contribution in [0.5, 0.6) is 0 Å². The molecule has 0 radical (unpaired) electrons. The summed E-state index contributed by atoms with van der Waals surface area (Å²) >= 11 is 1.39. The van der Waals surface area contributed by atoms with Crippen molar-refractivity contribution in [3.8, 4) is 0 Å². The van der Waals surface area contributed by atoms with E-state index in [0.29, 0.717) is 40.7 Å². The molecule has 4 N–H and O–H groups in total. The Morgan fingerprint density at radius 1 is 1.34 bits per heavy atom. The fourth-order valence-electron chi connectivity index (χ4n) is 4.01. The van der Waals surface area contributed by atoms with Gasteiger partial charge < -0.3 is 20.6 Å². The van der Waals surface area contributed by atoms with E-state index < -0.39 is 5.60 Å². The van der Waals surface area contributed by atoms with Crippen LogP contribution in [-0.2, 0) is 10.4 Å². The van der Waals surface area contributed by atoms with E-state index in [1.54, 1.807) is 12.3 Å². The summed E-state index contributed by atoms with van der Waals surface area (Å²) in [5.74, 6) is 1.45. The van der Waals surface area contributed by atoms with Gasteiger partial charge in [-0.15, -0.1) is 11.3 Å². The molecule has 1 aliphatic heterocycles. The SMILES string of the molecule is O=C(Nc1nccs1)[C@@H]1CCCN1c1nc(Nc2cc(C3(O)CC3)[nH]n2)n2cccc2n1. The average molecular weight is 452 g/mol. The zero-order valence-electron chi connectivity index (χ0n) is 17.0. The number of nitrogens with one attached hydrogen (secondary N) is 3. The molecule has 1 saturated carbocycles. The van der Waals surface area contributed by atoms with Crippen molar-refractivity contribution in [2.45, 2.75) is 37.3 Å². The highest BCUT2D eigenvalue weighted by Gasteiger charge is 2.44. The summed E-state index contributed by atoms with van der Waals surface area (Å²) in [7, 11) is 0. The molecule has 0 spiro atoms. The molecule has 4 aromatic heterocycles. The van der Waals surface area contributed by atoms with Crippen molar-refractivity contribution < 1.29 is 9.90 Å². The topological polar surface area (TPSA) is 136 Å². The molecular formula is C20H21N9O2S. The number of hydrogen-bond acceptors (Lipinski definition) is 9. The standard InChI is InChI=1S/C20H21N9O2S/c30-16(24-19-21-7-10-32-19)12-3-1-8-28(12)18-23-15-4-2-9-29(15)17(25-18)22-14-11-13(26-27-14)20(31)5-6-20/h2,4,7,9-12,31H,1,3,5-6,8H2,(H,21,24,30)(H2,22,23,25,26,27)/t12-/m0/s1. The summed E-state index contributed by atoms with van der Waals surface area (Å²) in [6.07, 6.45) is 6.57. The van der Waals surface area contributed by atoms with E-state index >= 15 is 0 Å². The summed E-state index contributed by atoms with van der Waals surface area (Å²) in [6, 6.07) is 5.20. The number of carbonyl (C=O) groups is 1. The quantitative estimate of drug-likeness (QED) is 0.350. The minimum atomic E-state index is -0.792. The molecule has 4 aromatic rings. The molecular weight excluding hydrogens is 430 g/mol. The van der Waals surface area contributed by atoms with Gasteiger partial charge in [0.05, 0.1) is 5.69 Å². The van der Waals surface area contributed by atoms with Crippen molar-refractivity contribution in [2.75, 3.05) is 22.1 Å². The first-order valence-electron chi connectivity index (χ1n) is 10.5. The third-order valence-electron chi connectivity index (χ3n) is 5.89. The Morgan fingerprint density at radius 2 is 2.25 bits per heavy atom. The smallest absolute Gasteiger partial charge is 0.248 e. The van der Waals surface area contributed by atoms with E-state index in [-0.39, 0.29) is 11.9 Å². The van der Waals surface area contributed by atoms with Gasteiger partial charge in [0.25, 0.3) is 0 Å². The van der Waals surface area contributed by atoms with Gasteiger partial charge in [0, 0.05) is 30.4 Å². The van der Waals surface area contributed by atoms with Crippen LogP contribution in [0.25, 0.3) is 5.65 Å². The highest BCUT2D eigenvalue weighted by Crippen LogP contribution is 2.44. The van der Waals surface area contributed by atoms with E-state index in [2.05, 4.69) is 30.8 Å². The summed E-state index contributed by atoms with van der Waals surface area (Å²) in [4.78, 5) is 28.4. The first kappa shape index (κ1) is 19.2. The first-order chi connectivity index (χ1) is 15.6. The minimum Gasteiger partial charge on any atom is -0.384 e. The van der Waals surface area contributed by atoms with Crippen LogP contribution in [0.4, 0.5) is 22.8 Å². The second kappa shape index (κ2) is 7.28. The van der Waals surface area contributed by atoms with Crippen LogP contribution < -0.4 is 15.5 Å². The first-order valence-corrected chi connectivity index (χ1v) is 11.3. The Bertz CT molecular complexity index is 1280. The van der Waals surface area contributed by atoms with E-state index in [0.717, 1.165) is 25.7 Å². The number of aliphatic hydroxyl groups is 1. The molecule has 11 nitrogen and oxygen atoms in total. The molecule has 0 bridgehead atoms. The van der Waals surface area contributed by atoms with Crippen molar-refractivity contribution in [2.24, 2.45) is 0 Å². The van der Waals surface area contributed by atoms with Crippen molar-refractivity contribution in [1.29, 1.82) is 0 Å². The largest absolute Gasteiger partial charge is 0.384 e. The maximum Gasteiger partial charge on any atom is 0.248 e. The lowest BCUT2D eigenvalue weighted by Crippen LogP contribution is -2.40. The van der Waals surface area contributed by atoms with E-state index in [4.69, 9.17) is 4.98 Å². The molecule has 0 aromatic carbocycles. The van der Waals surface area contributed by atoms with Gasteiger partial charge in [0.1, 0.15) is 17.3 Å². The fourth-order valence-corrected chi connectivity index (χ4v) is 4.55. The second-order valence-electron chi connectivity index (χ2n) is 8.08. The minimum absolute atomic E-state index is 0.111. The van der Waals surface area contributed by atoms with Crippen LogP contribution in [0.3, 0.4) is 0 Å². The fraction of sp³-hybridized carbons (Fsp3) is 0.350. The third kappa shape index (κ3) is 3.37. The molecule has 12 heteroatoms. The van der Waals surface area contributed by atoms with Crippen LogP contribution in [0, 0.1) is 0 Å². The van der Waals surface area contributed by atoms with Crippen LogP contribution in [0.2, 0.25) is 0 Å². The normalized spacial score (nSPS) is 19.4. The number of anilines is 4. The lowest BCUT2D eigenvalue weighted by atomic mass is 10.2. The molecule has 1 saturated heterocycles. The van der Waals surface area contributed by atoms with Crippen molar-refractivity contribution in [3.63, 3.8) is 0 Å². The zero-order chi connectivity index (χ0) is 21.7. The number of aromatic amines is 1. The molecule has 1 atom stereocenters. The summed E-state index contributed by atoms with van der Waals surface area (Å²) in [6.45, 7) is 0.686. The molecule has 0 unspecified atom stereocenters. The molecule has 2 aliphatic rings. The Kier molecular flexibility index (Phi) is 4.36. The van der Waals surface area contributed by atoms with E-state index in [1.807, 2.05) is 33.0 Å². The number of thiazole rings is 1. The summed E-state index contributed by atoms with van der Waals surface area (Å²) < 4.78 is 1.82. The number of amides is 1. The molecule has 1 aliphatic carbocycles. The molecule has 32 heavy (non-hydrogen) atoms. The van der Waals surface area contributed by atoms with Gasteiger partial charge >= 0.3 is 0 Å². The highest BCUT2D eigenvalue weighted by atomic mass is 32.1. The van der Waals surface area contributed by atoms with Gasteiger partial charge in [0.2, 0.25) is 17.8 Å². The van der Waals surface area contributed by atoms with Gasteiger partial charge in [-0.3, -0.25) is 14.3 Å². The summed E-state index contributed by atoms with van der Waals surface area (Å²) in [5.41, 5.74) is 0.608. The maximum absolute atomic E-state index is 12.9. The Morgan fingerprint density at radius 3 is 3.06 bits per heavy atom. The van der Waals surface area contributed by atoms with Gasteiger partial charge in [0.15, 0.2) is 10.9 Å². The average Bonchev–Trinajstić information content (AvgIpc) is 3.38. The van der Waals surface area contributed by atoms with Gasteiger partial charge in [-0.05, 0) is 37.8 Å². The molecule has 1 amide bonds. The maximum atomic E-state index is 12.9. The predicted molar refractivity (Wildman–Crippen MR) is 119 cm³/mol. The lowest BCUT2D eigenvalue weighted by molar-refractivity contribution is -0.117. The van der Waals surface area contributed by atoms with Crippen LogP contribution in [0.15, 0.2) is 36.0 Å². The number of fused-ring (bicyclic) bond motifs is 1. The number of H-pyrrole nitrogens is 1. The molecule has 164 valence electrons. The van der Waals surface area contributed by atoms with Crippen molar-refractivity contribution in [3.05, 3.63) is 41.7 Å².